The summed E-state index contributed by atoms with van der Waals surface area (Å²) < 4.78 is 5.97. The maximum atomic E-state index is 13.4. The van der Waals surface area contributed by atoms with E-state index in [-0.39, 0.29) is 11.3 Å². The number of aliphatic hydroxyl groups excluding tert-OH is 1. The van der Waals surface area contributed by atoms with Crippen LogP contribution in [0.2, 0.25) is 10.0 Å². The van der Waals surface area contributed by atoms with Crippen LogP contribution in [-0.2, 0) is 16.2 Å². The highest BCUT2D eigenvalue weighted by Crippen LogP contribution is 2.42. The summed E-state index contributed by atoms with van der Waals surface area (Å²) in [5.74, 6) is -1.01. The van der Waals surface area contributed by atoms with Crippen molar-refractivity contribution in [2.24, 2.45) is 0 Å². The van der Waals surface area contributed by atoms with Gasteiger partial charge in [-0.3, -0.25) is 9.59 Å². The molecule has 3 aromatic rings. The molecule has 6 nitrogen and oxygen atoms in total. The molecule has 204 valence electrons. The molecular weight excluding hydrogens is 535 g/mol. The molecule has 0 radical (unpaired) electrons. The van der Waals surface area contributed by atoms with Crippen LogP contribution in [0.3, 0.4) is 0 Å². The summed E-state index contributed by atoms with van der Waals surface area (Å²) in [6, 6.07) is 19.1. The highest BCUT2D eigenvalue weighted by Gasteiger charge is 2.46. The van der Waals surface area contributed by atoms with Gasteiger partial charge in [-0.1, -0.05) is 73.4 Å². The fraction of sp³-hybridized carbons (Fsp3) is 0.290. The van der Waals surface area contributed by atoms with Crippen molar-refractivity contribution in [3.05, 3.63) is 105 Å². The Kier molecular flexibility index (Phi) is 9.33. The van der Waals surface area contributed by atoms with Crippen molar-refractivity contribution in [1.29, 1.82) is 0 Å². The molecule has 1 aliphatic heterocycles. The molecule has 3 aromatic carbocycles. The van der Waals surface area contributed by atoms with E-state index in [1.165, 1.54) is 4.90 Å². The summed E-state index contributed by atoms with van der Waals surface area (Å²) >= 11 is 12.7. The van der Waals surface area contributed by atoms with E-state index < -0.39 is 17.7 Å². The number of rotatable bonds is 10. The van der Waals surface area contributed by atoms with Crippen LogP contribution in [0.5, 0.6) is 5.75 Å². The van der Waals surface area contributed by atoms with Gasteiger partial charge < -0.3 is 19.6 Å². The van der Waals surface area contributed by atoms with Crippen LogP contribution in [0, 0.1) is 6.92 Å². The molecule has 39 heavy (non-hydrogen) atoms. The standard InChI is InChI=1S/C31H32Cl2N2O4/c1-4-34(5-2)15-16-35-28(24-13-12-23(32)18-25(24)33)27(30(37)31(35)38)29(36)22-11-14-26(20(3)17-22)39-19-21-9-7-6-8-10-21/h6-14,17-18,28,36H,4-5,15-16,19H2,1-3H3/b29-27+/t28-/m1/s1. The number of carbonyl (C=O) groups is 2. The number of aryl methyl sites for hydroxylation is 1. The fourth-order valence-electron chi connectivity index (χ4n) is 4.80. The molecule has 1 fully saturated rings. The van der Waals surface area contributed by atoms with Crippen molar-refractivity contribution < 1.29 is 19.4 Å². The summed E-state index contributed by atoms with van der Waals surface area (Å²) in [7, 11) is 0. The molecule has 0 aromatic heterocycles. The Morgan fingerprint density at radius 2 is 1.72 bits per heavy atom. The average molecular weight is 568 g/mol. The highest BCUT2D eigenvalue weighted by molar-refractivity contribution is 6.47. The number of ether oxygens (including phenoxy) is 1. The van der Waals surface area contributed by atoms with Gasteiger partial charge >= 0.3 is 0 Å². The number of likely N-dealkylation sites (tertiary alicyclic amines) is 1. The van der Waals surface area contributed by atoms with Gasteiger partial charge in [-0.05, 0) is 67.0 Å². The SMILES string of the molecule is CCN(CC)CCN1C(=O)C(=O)/C(=C(/O)c2ccc(OCc3ccccc3)c(C)c2)[C@H]1c1ccc(Cl)cc1Cl. The number of aliphatic hydroxyl groups is 1. The second-order valence-corrected chi connectivity index (χ2v) is 10.3. The minimum Gasteiger partial charge on any atom is -0.507 e. The summed E-state index contributed by atoms with van der Waals surface area (Å²) in [6.45, 7) is 8.86. The number of benzene rings is 3. The number of hydrogen-bond acceptors (Lipinski definition) is 5. The molecule has 8 heteroatoms. The van der Waals surface area contributed by atoms with E-state index in [9.17, 15) is 14.7 Å². The van der Waals surface area contributed by atoms with Crippen LogP contribution in [0.4, 0.5) is 0 Å². The van der Waals surface area contributed by atoms with Crippen molar-refractivity contribution >= 4 is 40.7 Å². The number of carbonyl (C=O) groups excluding carboxylic acids is 2. The van der Waals surface area contributed by atoms with Gasteiger partial charge in [0.1, 0.15) is 18.1 Å². The monoisotopic (exact) mass is 566 g/mol. The molecule has 4 rings (SSSR count). The Bertz CT molecular complexity index is 1390. The number of halogens is 2. The molecule has 1 amide bonds. The van der Waals surface area contributed by atoms with Gasteiger partial charge in [-0.15, -0.1) is 0 Å². The Labute approximate surface area is 239 Å². The normalized spacial score (nSPS) is 16.8. The lowest BCUT2D eigenvalue weighted by atomic mass is 9.94. The van der Waals surface area contributed by atoms with Crippen LogP contribution in [-0.4, -0.2) is 52.8 Å². The van der Waals surface area contributed by atoms with Crippen molar-refractivity contribution in [3.63, 3.8) is 0 Å². The summed E-state index contributed by atoms with van der Waals surface area (Å²) in [4.78, 5) is 30.3. The first-order chi connectivity index (χ1) is 18.7. The maximum absolute atomic E-state index is 13.4. The van der Waals surface area contributed by atoms with Crippen LogP contribution in [0.1, 0.15) is 42.1 Å². The lowest BCUT2D eigenvalue weighted by Gasteiger charge is -2.28. The predicted octanol–water partition coefficient (Wildman–Crippen LogP) is 6.64. The van der Waals surface area contributed by atoms with Crippen molar-refractivity contribution in [2.45, 2.75) is 33.4 Å². The van der Waals surface area contributed by atoms with Gasteiger partial charge in [0.25, 0.3) is 11.7 Å². The van der Waals surface area contributed by atoms with E-state index in [1.807, 2.05) is 51.1 Å². The average Bonchev–Trinajstić information content (AvgIpc) is 3.18. The van der Waals surface area contributed by atoms with Crippen LogP contribution >= 0.6 is 23.2 Å². The number of Topliss-reactive ketones (excluding diaryl/α,β-unsaturated/α-hetero) is 1. The Morgan fingerprint density at radius 3 is 2.36 bits per heavy atom. The van der Waals surface area contributed by atoms with E-state index in [0.29, 0.717) is 46.6 Å². The number of hydrogen-bond donors (Lipinski definition) is 1. The molecule has 1 saturated heterocycles. The van der Waals surface area contributed by atoms with Gasteiger partial charge in [-0.25, -0.2) is 0 Å². The zero-order valence-corrected chi connectivity index (χ0v) is 23.8. The van der Waals surface area contributed by atoms with Gasteiger partial charge in [0.2, 0.25) is 0 Å². The number of nitrogens with zero attached hydrogens (tertiary/aromatic N) is 2. The first-order valence-corrected chi connectivity index (χ1v) is 13.7. The Hall–Kier alpha value is -3.32. The molecular formula is C31H32Cl2N2O4. The Morgan fingerprint density at radius 1 is 1.00 bits per heavy atom. The Balaban J connectivity index is 1.72. The third-order valence-electron chi connectivity index (χ3n) is 7.03. The molecule has 0 spiro atoms. The number of ketones is 1. The van der Waals surface area contributed by atoms with Gasteiger partial charge in [-0.2, -0.15) is 0 Å². The van der Waals surface area contributed by atoms with E-state index in [0.717, 1.165) is 24.2 Å². The summed E-state index contributed by atoms with van der Waals surface area (Å²) in [6.07, 6.45) is 0. The predicted molar refractivity (Wildman–Crippen MR) is 155 cm³/mol. The number of likely N-dealkylation sites (N-methyl/N-ethyl adjacent to an activating group) is 1. The number of amides is 1. The largest absolute Gasteiger partial charge is 0.507 e. The minimum absolute atomic E-state index is 0.00104. The molecule has 0 aliphatic carbocycles. The molecule has 1 aliphatic rings. The molecule has 0 unspecified atom stereocenters. The zero-order valence-electron chi connectivity index (χ0n) is 22.3. The van der Waals surface area contributed by atoms with Crippen molar-refractivity contribution in [2.75, 3.05) is 26.2 Å². The van der Waals surface area contributed by atoms with Crippen LogP contribution in [0.25, 0.3) is 5.76 Å². The van der Waals surface area contributed by atoms with Gasteiger partial charge in [0.05, 0.1) is 11.6 Å². The third kappa shape index (κ3) is 6.30. The molecule has 1 atom stereocenters. The van der Waals surface area contributed by atoms with E-state index >= 15 is 0 Å². The topological polar surface area (TPSA) is 70.1 Å². The lowest BCUT2D eigenvalue weighted by molar-refractivity contribution is -0.140. The van der Waals surface area contributed by atoms with E-state index in [1.54, 1.807) is 36.4 Å². The molecule has 1 heterocycles. The second-order valence-electron chi connectivity index (χ2n) is 9.44. The highest BCUT2D eigenvalue weighted by atomic mass is 35.5. The first-order valence-electron chi connectivity index (χ1n) is 13.0. The van der Waals surface area contributed by atoms with Gasteiger partial charge in [0, 0.05) is 28.7 Å². The maximum Gasteiger partial charge on any atom is 0.295 e. The quantitative estimate of drug-likeness (QED) is 0.169. The lowest BCUT2D eigenvalue weighted by Crippen LogP contribution is -2.38. The third-order valence-corrected chi connectivity index (χ3v) is 7.60. The summed E-state index contributed by atoms with van der Waals surface area (Å²) in [5, 5.41) is 12.2. The second kappa shape index (κ2) is 12.7. The minimum atomic E-state index is -0.848. The van der Waals surface area contributed by atoms with E-state index in [2.05, 4.69) is 4.90 Å². The van der Waals surface area contributed by atoms with Crippen LogP contribution < -0.4 is 4.74 Å². The van der Waals surface area contributed by atoms with Crippen molar-refractivity contribution in [1.82, 2.24) is 9.80 Å². The molecule has 0 bridgehead atoms. The zero-order chi connectivity index (χ0) is 28.1. The smallest absolute Gasteiger partial charge is 0.295 e. The summed E-state index contributed by atoms with van der Waals surface area (Å²) in [5.41, 5.74) is 2.76. The molecule has 0 saturated carbocycles. The first kappa shape index (κ1) is 28.7. The molecule has 1 N–H and O–H groups in total. The van der Waals surface area contributed by atoms with Crippen molar-refractivity contribution in [3.8, 4) is 5.75 Å². The van der Waals surface area contributed by atoms with Gasteiger partial charge in [0.15, 0.2) is 0 Å². The fourth-order valence-corrected chi connectivity index (χ4v) is 5.31. The van der Waals surface area contributed by atoms with Crippen LogP contribution in [0.15, 0.2) is 72.3 Å². The van der Waals surface area contributed by atoms with E-state index in [4.69, 9.17) is 27.9 Å².